The van der Waals surface area contributed by atoms with Gasteiger partial charge in [0.25, 0.3) is 5.91 Å². The largest absolute Gasteiger partial charge is 0.356 e. The third kappa shape index (κ3) is 4.65. The molecule has 0 aromatic carbocycles. The summed E-state index contributed by atoms with van der Waals surface area (Å²) in [7, 11) is -1.61. The van der Waals surface area contributed by atoms with Crippen LogP contribution in [0.4, 0.5) is 5.82 Å². The lowest BCUT2D eigenvalue weighted by molar-refractivity contribution is -0.110. The van der Waals surface area contributed by atoms with Crippen LogP contribution in [0.3, 0.4) is 0 Å². The number of carbonyl (C=O) groups excluding carboxylic acids is 2. The number of nitrogens with one attached hydrogen (secondary N) is 1. The Bertz CT molecular complexity index is 933. The topological polar surface area (TPSA) is 62.3 Å². The molecule has 1 unspecified atom stereocenters. The first-order valence-corrected chi connectivity index (χ1v) is 16.1. The van der Waals surface area contributed by atoms with E-state index in [1.165, 1.54) is 55.0 Å². The van der Waals surface area contributed by atoms with E-state index in [-0.39, 0.29) is 11.8 Å². The predicted molar refractivity (Wildman–Crippen MR) is 140 cm³/mol. The van der Waals surface area contributed by atoms with Crippen LogP contribution in [0.1, 0.15) is 69.2 Å². The van der Waals surface area contributed by atoms with Crippen molar-refractivity contribution in [3.63, 3.8) is 0 Å². The summed E-state index contributed by atoms with van der Waals surface area (Å²) in [4.78, 5) is 33.1. The first kappa shape index (κ1) is 23.8. The highest BCUT2D eigenvalue weighted by Gasteiger charge is 2.37. The van der Waals surface area contributed by atoms with E-state index >= 15 is 0 Å². The van der Waals surface area contributed by atoms with Gasteiger partial charge in [-0.15, -0.1) is 11.8 Å². The number of aromatic nitrogens is 1. The van der Waals surface area contributed by atoms with Crippen LogP contribution in [0.15, 0.2) is 17.2 Å². The minimum Gasteiger partial charge on any atom is -0.356 e. The fourth-order valence-electron chi connectivity index (χ4n) is 5.30. The van der Waals surface area contributed by atoms with Crippen LogP contribution in [0.5, 0.6) is 0 Å². The molecule has 3 heterocycles. The summed E-state index contributed by atoms with van der Waals surface area (Å²) < 4.78 is 0. The minimum absolute atomic E-state index is 0.00718. The van der Waals surface area contributed by atoms with E-state index in [9.17, 15) is 9.59 Å². The highest BCUT2D eigenvalue weighted by molar-refractivity contribution is 8.48. The summed E-state index contributed by atoms with van der Waals surface area (Å²) in [5, 5.41) is 4.71. The number of rotatable bonds is 6. The van der Waals surface area contributed by atoms with Crippen LogP contribution in [0, 0.1) is 5.92 Å². The van der Waals surface area contributed by atoms with Gasteiger partial charge >= 0.3 is 0 Å². The average Bonchev–Trinajstić information content (AvgIpc) is 3.27. The lowest BCUT2D eigenvalue weighted by atomic mass is 10.0. The smallest absolute Gasteiger partial charge is 0.258 e. The number of pyridine rings is 1. The zero-order valence-electron chi connectivity index (χ0n) is 19.9. The van der Waals surface area contributed by atoms with Crippen LogP contribution >= 0.6 is 20.5 Å². The van der Waals surface area contributed by atoms with Gasteiger partial charge in [0.2, 0.25) is 0 Å². The molecule has 32 heavy (non-hydrogen) atoms. The van der Waals surface area contributed by atoms with Crippen molar-refractivity contribution < 1.29 is 9.59 Å². The molecule has 1 aromatic heterocycles. The van der Waals surface area contributed by atoms with Crippen LogP contribution in [0.25, 0.3) is 0 Å². The van der Waals surface area contributed by atoms with Gasteiger partial charge in [-0.2, -0.15) is 0 Å². The predicted octanol–water partition coefficient (Wildman–Crippen LogP) is 4.80. The number of thioether (sulfide) groups is 1. The van der Waals surface area contributed by atoms with Crippen molar-refractivity contribution in [2.24, 2.45) is 5.92 Å². The number of hydrogen-bond donors (Lipinski definition) is 1. The molecule has 1 N–H and O–H groups in total. The van der Waals surface area contributed by atoms with Crippen LogP contribution in [-0.4, -0.2) is 64.0 Å². The summed E-state index contributed by atoms with van der Waals surface area (Å²) in [6.07, 6.45) is 11.9. The highest BCUT2D eigenvalue weighted by Crippen LogP contribution is 2.63. The molecule has 1 aliphatic carbocycles. The second-order valence-electron chi connectivity index (χ2n) is 10.2. The van der Waals surface area contributed by atoms with Gasteiger partial charge in [-0.3, -0.25) is 4.79 Å². The fraction of sp³-hybridized carbons (Fsp3) is 0.680. The van der Waals surface area contributed by atoms with Crippen molar-refractivity contribution in [3.8, 4) is 0 Å². The van der Waals surface area contributed by atoms with Crippen molar-refractivity contribution in [2.75, 3.05) is 41.5 Å². The van der Waals surface area contributed by atoms with Crippen LogP contribution in [0.2, 0.25) is 0 Å². The Labute approximate surface area is 197 Å². The van der Waals surface area contributed by atoms with E-state index in [0.29, 0.717) is 10.8 Å². The molecule has 1 atom stereocenters. The standard InChI is InChI=1S/C25H39N3O2S2/c1-4-32(3,15-8-16-32)19(2)26-24(30)22-11-12-23(28-14-13-20(17-28)18-29)27-25(22)31-21-9-6-5-7-10-21/h11-12,18,20-21H,4-10,13-17H2,1-3H3,(H,26,30). The van der Waals surface area contributed by atoms with Crippen molar-refractivity contribution in [1.82, 2.24) is 10.3 Å². The van der Waals surface area contributed by atoms with Gasteiger partial charge in [-0.1, -0.05) is 26.2 Å². The Hall–Kier alpha value is -1.34. The molecule has 0 spiro atoms. The first-order chi connectivity index (χ1) is 15.3. The molecule has 3 aliphatic rings. The highest BCUT2D eigenvalue weighted by atomic mass is 32.3. The zero-order valence-corrected chi connectivity index (χ0v) is 21.5. The Morgan fingerprint density at radius 2 is 1.97 bits per heavy atom. The Morgan fingerprint density at radius 3 is 2.56 bits per heavy atom. The molecule has 1 amide bonds. The van der Waals surface area contributed by atoms with Crippen LogP contribution < -0.4 is 10.2 Å². The van der Waals surface area contributed by atoms with Gasteiger partial charge in [-0.25, -0.2) is 13.7 Å². The van der Waals surface area contributed by atoms with Gasteiger partial charge in [0.05, 0.1) is 5.56 Å². The molecule has 0 bridgehead atoms. The maximum atomic E-state index is 13.5. The van der Waals surface area contributed by atoms with Gasteiger partial charge in [-0.05, 0) is 68.3 Å². The number of hydrogen-bond acceptors (Lipinski definition) is 5. The molecule has 5 nitrogen and oxygen atoms in total. The van der Waals surface area contributed by atoms with Gasteiger partial charge in [0, 0.05) is 29.2 Å². The number of anilines is 1. The quantitative estimate of drug-likeness (QED) is 0.471. The molecule has 2 aliphatic heterocycles. The maximum Gasteiger partial charge on any atom is 0.258 e. The van der Waals surface area contributed by atoms with Crippen molar-refractivity contribution in [1.29, 1.82) is 0 Å². The van der Waals surface area contributed by atoms with E-state index in [4.69, 9.17) is 4.98 Å². The van der Waals surface area contributed by atoms with Gasteiger partial charge < -0.3 is 15.0 Å². The molecule has 4 rings (SSSR count). The molecule has 178 valence electrons. The second-order valence-corrected chi connectivity index (χ2v) is 17.7. The van der Waals surface area contributed by atoms with Crippen molar-refractivity contribution >= 4 is 43.5 Å². The van der Waals surface area contributed by atoms with Gasteiger partial charge in [0.1, 0.15) is 17.1 Å². The summed E-state index contributed by atoms with van der Waals surface area (Å²) in [6, 6.07) is 3.93. The second kappa shape index (κ2) is 9.49. The third-order valence-electron chi connectivity index (χ3n) is 8.23. The van der Waals surface area contributed by atoms with Crippen molar-refractivity contribution in [2.45, 2.75) is 69.1 Å². The van der Waals surface area contributed by atoms with E-state index in [1.807, 2.05) is 12.1 Å². The summed E-state index contributed by atoms with van der Waals surface area (Å²) in [6.45, 7) is 5.99. The van der Waals surface area contributed by atoms with E-state index in [1.54, 1.807) is 11.8 Å². The Morgan fingerprint density at radius 1 is 1.22 bits per heavy atom. The van der Waals surface area contributed by atoms with E-state index in [2.05, 4.69) is 30.3 Å². The molecule has 0 radical (unpaired) electrons. The molecule has 3 fully saturated rings. The molecular formula is C25H39N3O2S2. The fourth-order valence-corrected chi connectivity index (χ4v) is 10.2. The molecule has 2 saturated heterocycles. The molecule has 1 saturated carbocycles. The number of aldehydes is 1. The molecular weight excluding hydrogens is 438 g/mol. The van der Waals surface area contributed by atoms with Gasteiger partial charge in [0.15, 0.2) is 0 Å². The normalized spacial score (nSPS) is 25.9. The maximum absolute atomic E-state index is 13.5. The minimum atomic E-state index is -1.61. The SMILES string of the molecule is CCS1(C)(=C(C)NC(=O)c2ccc(N3CCC(C=O)C3)nc2SC2CCCCC2)CCC1. The lowest BCUT2D eigenvalue weighted by Crippen LogP contribution is -2.42. The number of carbonyl (C=O) groups is 2. The number of amides is 1. The Kier molecular flexibility index (Phi) is 7.06. The first-order valence-electron chi connectivity index (χ1n) is 12.2. The van der Waals surface area contributed by atoms with Crippen molar-refractivity contribution in [3.05, 3.63) is 17.7 Å². The summed E-state index contributed by atoms with van der Waals surface area (Å²) in [5.41, 5.74) is 0.702. The summed E-state index contributed by atoms with van der Waals surface area (Å²) in [5.74, 6) is 4.61. The monoisotopic (exact) mass is 477 g/mol. The zero-order chi connectivity index (χ0) is 22.8. The third-order valence-corrected chi connectivity index (χ3v) is 16.2. The Balaban J connectivity index is 1.61. The molecule has 1 aromatic rings. The lowest BCUT2D eigenvalue weighted by Gasteiger charge is -2.56. The van der Waals surface area contributed by atoms with E-state index < -0.39 is 8.75 Å². The number of nitrogens with zero attached hydrogens (tertiary/aromatic N) is 2. The average molecular weight is 478 g/mol. The van der Waals surface area contributed by atoms with E-state index in [0.717, 1.165) is 42.4 Å². The molecule has 7 heteroatoms. The van der Waals surface area contributed by atoms with Crippen LogP contribution in [-0.2, 0) is 4.79 Å². The summed E-state index contributed by atoms with van der Waals surface area (Å²) >= 11 is 1.79.